The smallest absolute Gasteiger partial charge is 0.392 e. The van der Waals surface area contributed by atoms with Gasteiger partial charge in [-0.3, -0.25) is 43.2 Å². The number of anilines is 5. The molecule has 4 N–H and O–H groups in total. The summed E-state index contributed by atoms with van der Waals surface area (Å²) >= 11 is 1.55. The van der Waals surface area contributed by atoms with Crippen LogP contribution in [0.2, 0.25) is 0 Å². The van der Waals surface area contributed by atoms with Crippen LogP contribution in [0.25, 0.3) is 11.1 Å². The number of phosphoric ester groups is 1. The molecule has 1 aliphatic carbocycles. The topological polar surface area (TPSA) is 235 Å². The van der Waals surface area contributed by atoms with Crippen LogP contribution in [-0.2, 0) is 58.1 Å². The largest absolute Gasteiger partial charge is 0.471 e. The maximum Gasteiger partial charge on any atom is 0.471 e. The zero-order valence-corrected chi connectivity index (χ0v) is 43.4. The van der Waals surface area contributed by atoms with Gasteiger partial charge in [0.25, 0.3) is 23.3 Å². The lowest BCUT2D eigenvalue weighted by Gasteiger charge is -2.46. The molecule has 4 amide bonds. The van der Waals surface area contributed by atoms with E-state index in [-0.39, 0.29) is 42.9 Å². The molecule has 0 spiro atoms. The highest BCUT2D eigenvalue weighted by Crippen LogP contribution is 2.42. The Morgan fingerprint density at radius 2 is 1.68 bits per heavy atom. The second-order valence-corrected chi connectivity index (χ2v) is 22.6. The van der Waals surface area contributed by atoms with Gasteiger partial charge in [-0.15, -0.1) is 11.3 Å². The number of aromatic nitrogens is 3. The van der Waals surface area contributed by atoms with Crippen LogP contribution < -0.4 is 25.6 Å². The molecule has 6 aliphatic rings. The molecule has 394 valence electrons. The monoisotopic (exact) mass is 1060 g/mol. The standard InChI is InChI=1S/C53H61N10O10PS/c1-31-27-59(35-15-19-58(20-16-35)36-8-10-39-33(24-36)29-62(50(39)66)44-11-13-47(65)63(52(44)68)32(2)73-74(70,71)72)22-23-60(31)37-9-12-46(55-26-37)56-43-25-34(28-57(3)51(43)67)38-14-18-54-49(42(38)30-64)61-21-17-41-40-6-4-5-7-45(40)75-48(41)53(61)69/h8-10,12,14,18,24-26,28,31-32,35,44,64H,4-7,11,13,15-17,19-23,27,29-30H2,1-3H3,(H,55,56)(H2,70,71,72)/t31-,32?,44-/m0/s1/i3D3. The number of thiophene rings is 1. The summed E-state index contributed by atoms with van der Waals surface area (Å²) in [5.74, 6) is -1.25. The van der Waals surface area contributed by atoms with Gasteiger partial charge in [0.1, 0.15) is 29.6 Å². The summed E-state index contributed by atoms with van der Waals surface area (Å²) in [6.45, 7) is 4.61. The van der Waals surface area contributed by atoms with Crippen molar-refractivity contribution in [3.05, 3.63) is 109 Å². The quantitative estimate of drug-likeness (QED) is 0.0913. The molecule has 0 bridgehead atoms. The molecule has 0 saturated carbocycles. The van der Waals surface area contributed by atoms with E-state index in [1.54, 1.807) is 40.6 Å². The van der Waals surface area contributed by atoms with E-state index in [0.717, 1.165) is 93.8 Å². The van der Waals surface area contributed by atoms with Gasteiger partial charge in [-0.05, 0) is 130 Å². The first-order valence-electron chi connectivity index (χ1n) is 27.1. The van der Waals surface area contributed by atoms with Crippen LogP contribution in [0.3, 0.4) is 0 Å². The molecule has 1 unspecified atom stereocenters. The Kier molecular flexibility index (Phi) is 12.8. The molecule has 1 aromatic carbocycles. The van der Waals surface area contributed by atoms with Gasteiger partial charge >= 0.3 is 7.82 Å². The molecule has 3 atom stereocenters. The summed E-state index contributed by atoms with van der Waals surface area (Å²) in [5.41, 5.74) is 5.81. The van der Waals surface area contributed by atoms with Crippen LogP contribution in [-0.4, -0.2) is 131 Å². The van der Waals surface area contributed by atoms with Gasteiger partial charge in [-0.2, -0.15) is 0 Å². The number of nitrogens with zero attached hydrogens (tertiary/aromatic N) is 9. The number of phosphoric acid groups is 1. The number of hydrogen-bond acceptors (Lipinski definition) is 15. The van der Waals surface area contributed by atoms with Crippen molar-refractivity contribution in [2.45, 2.75) is 109 Å². The Morgan fingerprint density at radius 1 is 0.880 bits per heavy atom. The number of imide groups is 1. The number of amides is 4. The van der Waals surface area contributed by atoms with Crippen LogP contribution in [0.1, 0.15) is 104 Å². The molecule has 20 nitrogen and oxygen atoms in total. The summed E-state index contributed by atoms with van der Waals surface area (Å²) in [6, 6.07) is 12.1. The Labute approximate surface area is 442 Å². The normalized spacial score (nSPS) is 21.9. The van der Waals surface area contributed by atoms with Crippen LogP contribution in [0.5, 0.6) is 0 Å². The summed E-state index contributed by atoms with van der Waals surface area (Å²) in [6.07, 6.45) is 9.70. The van der Waals surface area contributed by atoms with Crippen molar-refractivity contribution in [2.24, 2.45) is 6.98 Å². The van der Waals surface area contributed by atoms with Crippen molar-refractivity contribution in [3.8, 4) is 11.1 Å². The molecule has 5 aromatic rings. The highest BCUT2D eigenvalue weighted by Gasteiger charge is 2.46. The van der Waals surface area contributed by atoms with E-state index >= 15 is 0 Å². The number of likely N-dealkylation sites (tertiary alicyclic amines) is 1. The Balaban J connectivity index is 0.721. The van der Waals surface area contributed by atoms with Gasteiger partial charge in [0.05, 0.1) is 23.4 Å². The zero-order chi connectivity index (χ0) is 54.9. The third-order valence-corrected chi connectivity index (χ3v) is 17.7. The van der Waals surface area contributed by atoms with Gasteiger partial charge in [0.2, 0.25) is 5.91 Å². The number of rotatable bonds is 12. The number of piperidine rings is 2. The van der Waals surface area contributed by atoms with Crippen molar-refractivity contribution in [1.82, 2.24) is 29.2 Å². The van der Waals surface area contributed by atoms with E-state index in [4.69, 9.17) is 4.11 Å². The predicted octanol–water partition coefficient (Wildman–Crippen LogP) is 5.33. The lowest BCUT2D eigenvalue weighted by molar-refractivity contribution is -0.161. The van der Waals surface area contributed by atoms with Gasteiger partial charge < -0.3 is 39.5 Å². The number of pyridine rings is 3. The van der Waals surface area contributed by atoms with E-state index < -0.39 is 51.0 Å². The molecule has 3 fully saturated rings. The highest BCUT2D eigenvalue weighted by molar-refractivity contribution is 7.46. The first-order chi connectivity index (χ1) is 37.3. The van der Waals surface area contributed by atoms with Gasteiger partial charge in [-0.25, -0.2) is 14.5 Å². The second kappa shape index (κ2) is 20.3. The first-order valence-corrected chi connectivity index (χ1v) is 27.9. The second-order valence-electron chi connectivity index (χ2n) is 20.3. The van der Waals surface area contributed by atoms with Gasteiger partial charge in [0, 0.05) is 115 Å². The van der Waals surface area contributed by atoms with E-state index in [1.165, 1.54) is 40.7 Å². The number of carbonyl (C=O) groups excluding carboxylic acids is 4. The minimum Gasteiger partial charge on any atom is -0.392 e. The van der Waals surface area contributed by atoms with Crippen molar-refractivity contribution in [2.75, 3.05) is 59.3 Å². The van der Waals surface area contributed by atoms with Crippen molar-refractivity contribution in [1.29, 1.82) is 0 Å². The number of nitrogens with one attached hydrogen (secondary N) is 1. The SMILES string of the molecule is [2H]C([2H])([2H])n1cc(-c2ccnc(N3CCc4c(sc5c4CCCC5)C3=O)c2CO)cc(Nc2ccc(N3CCN(C4CCN(c5ccc6c(c5)CN([C@H]5CCC(=O)N(C(C)OP(=O)(O)O)C5=O)C6=O)CC4)C[C@@H]3C)cn2)c1=O. The lowest BCUT2D eigenvalue weighted by Crippen LogP contribution is -2.57. The highest BCUT2D eigenvalue weighted by atomic mass is 32.1. The third kappa shape index (κ3) is 9.68. The van der Waals surface area contributed by atoms with Crippen LogP contribution in [0, 0.1) is 0 Å². The third-order valence-electron chi connectivity index (χ3n) is 15.8. The molecule has 3 saturated heterocycles. The number of aliphatic hydroxyl groups is 1. The molecule has 75 heavy (non-hydrogen) atoms. The maximum atomic E-state index is 14.1. The molecule has 5 aliphatic heterocycles. The number of aliphatic hydroxyl groups excluding tert-OH is 1. The predicted molar refractivity (Wildman–Crippen MR) is 282 cm³/mol. The fourth-order valence-electron chi connectivity index (χ4n) is 12.1. The van der Waals surface area contributed by atoms with E-state index in [1.807, 2.05) is 18.2 Å². The average Bonchev–Trinajstić information content (AvgIpc) is 4.16. The van der Waals surface area contributed by atoms with Gasteiger partial charge in [-0.1, -0.05) is 0 Å². The molecular formula is C53H61N10O10PS. The van der Waals surface area contributed by atoms with E-state index in [9.17, 15) is 43.4 Å². The lowest BCUT2D eigenvalue weighted by atomic mass is 9.92. The van der Waals surface area contributed by atoms with E-state index in [2.05, 4.69) is 41.4 Å². The average molecular weight is 1060 g/mol. The Bertz CT molecular complexity index is 3330. The number of fused-ring (bicyclic) bond motifs is 4. The molecule has 11 rings (SSSR count). The summed E-state index contributed by atoms with van der Waals surface area (Å²) in [7, 11) is -5.00. The molecule has 22 heteroatoms. The fourth-order valence-corrected chi connectivity index (χ4v) is 14.0. The number of piperazine rings is 1. The molecule has 4 aromatic heterocycles. The maximum absolute atomic E-state index is 14.1. The number of carbonyl (C=O) groups is 4. The molecule has 9 heterocycles. The van der Waals surface area contributed by atoms with E-state index in [0.29, 0.717) is 67.2 Å². The minimum atomic E-state index is -5.00. The minimum absolute atomic E-state index is 0.0356. The summed E-state index contributed by atoms with van der Waals surface area (Å²) in [5, 5.41) is 13.9. The molecule has 0 radical (unpaired) electrons. The van der Waals surface area contributed by atoms with Crippen LogP contribution >= 0.6 is 19.2 Å². The molecular weight excluding hydrogens is 1000 g/mol. The van der Waals surface area contributed by atoms with Crippen LogP contribution in [0.4, 0.5) is 28.7 Å². The van der Waals surface area contributed by atoms with Gasteiger partial charge in [0.15, 0.2) is 0 Å². The number of aryl methyl sites for hydroxylation is 2. The fraction of sp³-hybridized carbons (Fsp3) is 0.453. The van der Waals surface area contributed by atoms with Crippen LogP contribution in [0.15, 0.2) is 65.8 Å². The van der Waals surface area contributed by atoms with Crippen molar-refractivity contribution in [3.63, 3.8) is 0 Å². The van der Waals surface area contributed by atoms with Crippen molar-refractivity contribution < 1.29 is 47.3 Å². The van der Waals surface area contributed by atoms with Crippen molar-refractivity contribution >= 4 is 71.5 Å². The first kappa shape index (κ1) is 47.2. The Morgan fingerprint density at radius 3 is 2.43 bits per heavy atom. The summed E-state index contributed by atoms with van der Waals surface area (Å²) in [4.78, 5) is 108. The Hall–Kier alpha value is -6.32. The summed E-state index contributed by atoms with van der Waals surface area (Å²) < 4.78 is 41.6. The zero-order valence-electron chi connectivity index (χ0n) is 44.7. The number of benzene rings is 1. The number of hydrogen-bond donors (Lipinski definition) is 4.